The third-order valence-corrected chi connectivity index (χ3v) is 7.42. The summed E-state index contributed by atoms with van der Waals surface area (Å²) >= 11 is 0. The van der Waals surface area contributed by atoms with Crippen LogP contribution in [0.1, 0.15) is 57.2 Å². The SMILES string of the molecule is C/C=C(/C)C(=O)N(CC)C1CCOCC1.CCc1cccc(CCNC(=O)NC(N)Cc2coc3ccccc23)c1. The number of carbonyl (C=O) groups excluding carboxylic acids is 2. The second-order valence-corrected chi connectivity index (χ2v) is 10.3. The normalized spacial score (nSPS) is 14.6. The zero-order valence-electron chi connectivity index (χ0n) is 24.9. The molecule has 1 aliphatic rings. The van der Waals surface area contributed by atoms with Crippen LogP contribution < -0.4 is 16.4 Å². The van der Waals surface area contributed by atoms with Crippen LogP contribution in [0.25, 0.3) is 11.0 Å². The zero-order chi connectivity index (χ0) is 29.6. The molecule has 4 rings (SSSR count). The summed E-state index contributed by atoms with van der Waals surface area (Å²) in [6.45, 7) is 10.9. The lowest BCUT2D eigenvalue weighted by Crippen LogP contribution is -2.48. The Morgan fingerprint density at radius 3 is 2.54 bits per heavy atom. The highest BCUT2D eigenvalue weighted by molar-refractivity contribution is 5.93. The highest BCUT2D eigenvalue weighted by Gasteiger charge is 2.24. The molecule has 222 valence electrons. The van der Waals surface area contributed by atoms with Crippen molar-refractivity contribution in [3.63, 3.8) is 0 Å². The Balaban J connectivity index is 0.000000263. The van der Waals surface area contributed by atoms with Crippen molar-refractivity contribution in [2.45, 2.75) is 72.0 Å². The number of fused-ring (bicyclic) bond motifs is 1. The molecule has 3 amide bonds. The van der Waals surface area contributed by atoms with Crippen molar-refractivity contribution < 1.29 is 18.7 Å². The van der Waals surface area contributed by atoms with Gasteiger partial charge in [0.1, 0.15) is 5.58 Å². The van der Waals surface area contributed by atoms with Crippen molar-refractivity contribution in [1.82, 2.24) is 15.5 Å². The molecule has 4 N–H and O–H groups in total. The molecule has 41 heavy (non-hydrogen) atoms. The molecule has 0 saturated carbocycles. The van der Waals surface area contributed by atoms with Gasteiger partial charge in [-0.25, -0.2) is 4.79 Å². The van der Waals surface area contributed by atoms with Gasteiger partial charge in [-0.05, 0) is 63.6 Å². The molecule has 8 nitrogen and oxygen atoms in total. The molecule has 2 heterocycles. The fraction of sp³-hybridized carbons (Fsp3) is 0.455. The standard InChI is InChI=1S/C21H25N3O2.C12H21NO2/c1-2-15-6-5-7-16(12-15)10-11-23-21(25)24-20(22)13-17-14-26-19-9-4-3-8-18(17)19;1-4-10(3)12(14)13(5-2)11-6-8-15-9-7-11/h3-9,12,14,20H,2,10-11,13,22H2,1H3,(H2,23,24,25);4,11H,5-9H2,1-3H3/b;10-4-. The Labute approximate surface area is 244 Å². The molecule has 1 saturated heterocycles. The predicted octanol–water partition coefficient (Wildman–Crippen LogP) is 5.34. The van der Waals surface area contributed by atoms with Crippen molar-refractivity contribution in [1.29, 1.82) is 0 Å². The summed E-state index contributed by atoms with van der Waals surface area (Å²) in [5.74, 6) is 0.173. The number of benzene rings is 2. The molecular weight excluding hydrogens is 516 g/mol. The van der Waals surface area contributed by atoms with Gasteiger partial charge in [-0.1, -0.05) is 55.5 Å². The number of rotatable bonds is 10. The molecular formula is C33H46N4O4. The maximum Gasteiger partial charge on any atom is 0.316 e. The second-order valence-electron chi connectivity index (χ2n) is 10.3. The molecule has 8 heteroatoms. The molecule has 1 aliphatic heterocycles. The number of allylic oxidation sites excluding steroid dienone is 1. The van der Waals surface area contributed by atoms with E-state index in [9.17, 15) is 9.59 Å². The van der Waals surface area contributed by atoms with Crippen molar-refractivity contribution in [3.05, 3.63) is 83.1 Å². The van der Waals surface area contributed by atoms with Crippen LogP contribution in [-0.4, -0.2) is 55.3 Å². The van der Waals surface area contributed by atoms with Crippen LogP contribution in [0, 0.1) is 0 Å². The number of nitrogens with one attached hydrogen (secondary N) is 2. The average Bonchev–Trinajstić information content (AvgIpc) is 3.40. The van der Waals surface area contributed by atoms with E-state index >= 15 is 0 Å². The second kappa shape index (κ2) is 16.6. The number of carbonyl (C=O) groups is 2. The largest absolute Gasteiger partial charge is 0.464 e. The first-order valence-electron chi connectivity index (χ1n) is 14.7. The number of para-hydroxylation sites is 1. The lowest BCUT2D eigenvalue weighted by molar-refractivity contribution is -0.130. The summed E-state index contributed by atoms with van der Waals surface area (Å²) in [6, 6.07) is 16.3. The highest BCUT2D eigenvalue weighted by Crippen LogP contribution is 2.21. The minimum Gasteiger partial charge on any atom is -0.464 e. The van der Waals surface area contributed by atoms with Crippen LogP contribution in [0.4, 0.5) is 4.79 Å². The molecule has 0 bridgehead atoms. The first kappa shape index (κ1) is 31.9. The van der Waals surface area contributed by atoms with E-state index in [1.54, 1.807) is 6.26 Å². The number of furan rings is 1. The first-order chi connectivity index (χ1) is 19.9. The Bertz CT molecular complexity index is 1280. The summed E-state index contributed by atoms with van der Waals surface area (Å²) in [7, 11) is 0. The van der Waals surface area contributed by atoms with E-state index < -0.39 is 6.17 Å². The number of ether oxygens (including phenoxy) is 1. The molecule has 3 aromatic rings. The first-order valence-corrected chi connectivity index (χ1v) is 14.7. The van der Waals surface area contributed by atoms with Gasteiger partial charge in [-0.3, -0.25) is 4.79 Å². The molecule has 1 aromatic heterocycles. The minimum absolute atomic E-state index is 0.173. The zero-order valence-corrected chi connectivity index (χ0v) is 24.9. The van der Waals surface area contributed by atoms with Crippen molar-refractivity contribution in [2.75, 3.05) is 26.3 Å². The van der Waals surface area contributed by atoms with Gasteiger partial charge in [0, 0.05) is 55.3 Å². The summed E-state index contributed by atoms with van der Waals surface area (Å²) in [4.78, 5) is 26.0. The van der Waals surface area contributed by atoms with E-state index in [0.717, 1.165) is 67.5 Å². The lowest BCUT2D eigenvalue weighted by Gasteiger charge is -2.33. The van der Waals surface area contributed by atoms with E-state index in [1.807, 2.05) is 56.0 Å². The fourth-order valence-corrected chi connectivity index (χ4v) is 4.94. The van der Waals surface area contributed by atoms with Gasteiger partial charge in [-0.15, -0.1) is 0 Å². The molecule has 0 aliphatic carbocycles. The van der Waals surface area contributed by atoms with E-state index in [-0.39, 0.29) is 11.9 Å². The van der Waals surface area contributed by atoms with Gasteiger partial charge in [0.25, 0.3) is 0 Å². The summed E-state index contributed by atoms with van der Waals surface area (Å²) in [5.41, 5.74) is 11.2. The van der Waals surface area contributed by atoms with Crippen LogP contribution in [0.5, 0.6) is 0 Å². The number of urea groups is 1. The lowest BCUT2D eigenvalue weighted by atomic mass is 10.1. The number of aryl methyl sites for hydroxylation is 1. The molecule has 0 spiro atoms. The van der Waals surface area contributed by atoms with Gasteiger partial charge < -0.3 is 30.4 Å². The number of hydrogen-bond acceptors (Lipinski definition) is 5. The summed E-state index contributed by atoms with van der Waals surface area (Å²) < 4.78 is 10.8. The maximum absolute atomic E-state index is 12.0. The smallest absolute Gasteiger partial charge is 0.316 e. The van der Waals surface area contributed by atoms with Crippen LogP contribution in [0.3, 0.4) is 0 Å². The quantitative estimate of drug-likeness (QED) is 0.228. The predicted molar refractivity (Wildman–Crippen MR) is 165 cm³/mol. The molecule has 1 fully saturated rings. The van der Waals surface area contributed by atoms with E-state index in [0.29, 0.717) is 19.0 Å². The highest BCUT2D eigenvalue weighted by atomic mass is 16.5. The topological polar surface area (TPSA) is 110 Å². The van der Waals surface area contributed by atoms with Crippen molar-refractivity contribution in [2.24, 2.45) is 5.73 Å². The molecule has 1 unspecified atom stereocenters. The number of nitrogens with zero attached hydrogens (tertiary/aromatic N) is 1. The van der Waals surface area contributed by atoms with Crippen LogP contribution in [0.15, 0.2) is 70.9 Å². The van der Waals surface area contributed by atoms with Crippen LogP contribution >= 0.6 is 0 Å². The van der Waals surface area contributed by atoms with Gasteiger partial charge in [0.2, 0.25) is 5.91 Å². The van der Waals surface area contributed by atoms with Crippen LogP contribution in [-0.2, 0) is 28.8 Å². The number of amides is 3. The average molecular weight is 563 g/mol. The maximum atomic E-state index is 12.0. The third-order valence-electron chi connectivity index (χ3n) is 7.42. The Morgan fingerprint density at radius 2 is 1.83 bits per heavy atom. The van der Waals surface area contributed by atoms with E-state index in [4.69, 9.17) is 14.9 Å². The van der Waals surface area contributed by atoms with Gasteiger partial charge >= 0.3 is 6.03 Å². The monoisotopic (exact) mass is 562 g/mol. The molecule has 0 radical (unpaired) electrons. The Kier molecular flexibility index (Phi) is 12.9. The third kappa shape index (κ3) is 9.76. The van der Waals surface area contributed by atoms with Crippen LogP contribution in [0.2, 0.25) is 0 Å². The number of nitrogens with two attached hydrogens (primary N) is 1. The summed E-state index contributed by atoms with van der Waals surface area (Å²) in [5, 5.41) is 6.67. The van der Waals surface area contributed by atoms with E-state index in [2.05, 4.69) is 41.8 Å². The Hall–Kier alpha value is -3.62. The molecule has 2 aromatic carbocycles. The fourth-order valence-electron chi connectivity index (χ4n) is 4.94. The molecule has 1 atom stereocenters. The van der Waals surface area contributed by atoms with E-state index in [1.165, 1.54) is 11.1 Å². The summed E-state index contributed by atoms with van der Waals surface area (Å²) in [6.07, 6.45) is 7.37. The van der Waals surface area contributed by atoms with Crippen molar-refractivity contribution >= 4 is 22.9 Å². The minimum atomic E-state index is -0.473. The van der Waals surface area contributed by atoms with Gasteiger partial charge in [-0.2, -0.15) is 0 Å². The van der Waals surface area contributed by atoms with Crippen molar-refractivity contribution in [3.8, 4) is 0 Å². The van der Waals surface area contributed by atoms with Gasteiger partial charge in [0.05, 0.1) is 12.4 Å². The number of hydrogen-bond donors (Lipinski definition) is 3. The Morgan fingerprint density at radius 1 is 1.10 bits per heavy atom. The number of likely N-dealkylation sites (N-methyl/N-ethyl adjacent to an activating group) is 1. The van der Waals surface area contributed by atoms with Gasteiger partial charge in [0.15, 0.2) is 0 Å².